The SMILES string of the molecule is CC/C=C\C/C=C\C/C=C\C/C=C\C/C=C\C/C=C\CCC(=O)OCC(COC(=O)CCC/C=C\CCCCCC)OC(=O)CCCCCCC/C=C\CCCCCCCCC. The second kappa shape index (κ2) is 50.0. The number of hydrogen-bond donors (Lipinski definition) is 0. The van der Waals surface area contributed by atoms with Crippen molar-refractivity contribution in [2.75, 3.05) is 13.2 Å². The molecule has 0 saturated carbocycles. The average Bonchev–Trinajstić information content (AvgIpc) is 3.27. The summed E-state index contributed by atoms with van der Waals surface area (Å²) in [5.41, 5.74) is 0. The zero-order chi connectivity index (χ0) is 45.1. The van der Waals surface area contributed by atoms with Gasteiger partial charge in [0.05, 0.1) is 0 Å². The van der Waals surface area contributed by atoms with E-state index in [1.165, 1.54) is 83.5 Å². The third-order valence-corrected chi connectivity index (χ3v) is 10.3. The number of hydrogen-bond acceptors (Lipinski definition) is 6. The van der Waals surface area contributed by atoms with Gasteiger partial charge in [-0.3, -0.25) is 14.4 Å². The number of esters is 3. The van der Waals surface area contributed by atoms with Gasteiger partial charge in [-0.25, -0.2) is 0 Å². The van der Waals surface area contributed by atoms with Gasteiger partial charge in [0, 0.05) is 19.3 Å². The molecule has 1 atom stereocenters. The van der Waals surface area contributed by atoms with Crippen molar-refractivity contribution in [3.05, 3.63) is 97.2 Å². The Labute approximate surface area is 381 Å². The Bertz CT molecular complexity index is 1260. The molecule has 0 radical (unpaired) electrons. The second-order valence-electron chi connectivity index (χ2n) is 16.3. The minimum Gasteiger partial charge on any atom is -0.462 e. The van der Waals surface area contributed by atoms with Crippen molar-refractivity contribution in [2.24, 2.45) is 0 Å². The van der Waals surface area contributed by atoms with E-state index in [-0.39, 0.29) is 37.5 Å². The van der Waals surface area contributed by atoms with E-state index in [1.807, 2.05) is 12.2 Å². The normalized spacial score (nSPS) is 12.9. The first-order valence-corrected chi connectivity index (χ1v) is 25.2. The van der Waals surface area contributed by atoms with Crippen LogP contribution in [0.4, 0.5) is 0 Å². The highest BCUT2D eigenvalue weighted by Crippen LogP contribution is 2.12. The van der Waals surface area contributed by atoms with Gasteiger partial charge in [0.2, 0.25) is 0 Å². The van der Waals surface area contributed by atoms with Crippen LogP contribution >= 0.6 is 0 Å². The summed E-state index contributed by atoms with van der Waals surface area (Å²) in [6, 6.07) is 0. The summed E-state index contributed by atoms with van der Waals surface area (Å²) in [7, 11) is 0. The molecule has 0 spiro atoms. The molecule has 0 heterocycles. The van der Waals surface area contributed by atoms with Crippen LogP contribution in [0.15, 0.2) is 97.2 Å². The smallest absolute Gasteiger partial charge is 0.306 e. The molecule has 1 unspecified atom stereocenters. The maximum Gasteiger partial charge on any atom is 0.306 e. The maximum atomic E-state index is 12.8. The molecule has 0 N–H and O–H groups in total. The lowest BCUT2D eigenvalue weighted by Gasteiger charge is -2.18. The lowest BCUT2D eigenvalue weighted by atomic mass is 10.1. The molecule has 0 aromatic heterocycles. The van der Waals surface area contributed by atoms with Crippen molar-refractivity contribution in [3.63, 3.8) is 0 Å². The average molecular weight is 861 g/mol. The van der Waals surface area contributed by atoms with E-state index in [2.05, 4.69) is 106 Å². The molecule has 0 saturated heterocycles. The van der Waals surface area contributed by atoms with E-state index in [9.17, 15) is 14.4 Å². The van der Waals surface area contributed by atoms with Crippen molar-refractivity contribution < 1.29 is 28.6 Å². The first-order valence-electron chi connectivity index (χ1n) is 25.2. The number of unbranched alkanes of at least 4 members (excludes halogenated alkanes) is 17. The Kier molecular flexibility index (Phi) is 47.0. The molecule has 0 aromatic carbocycles. The second-order valence-corrected chi connectivity index (χ2v) is 16.3. The number of carbonyl (C=O) groups excluding carboxylic acids is 3. The van der Waals surface area contributed by atoms with Crippen LogP contribution in [0, 0.1) is 0 Å². The van der Waals surface area contributed by atoms with Gasteiger partial charge < -0.3 is 14.2 Å². The molecule has 0 rings (SSSR count). The molecule has 62 heavy (non-hydrogen) atoms. The fourth-order valence-corrected chi connectivity index (χ4v) is 6.52. The molecule has 0 fully saturated rings. The molecule has 0 amide bonds. The molecule has 0 aliphatic heterocycles. The molecule has 0 aliphatic rings. The number of allylic oxidation sites excluding steroid dienone is 16. The third kappa shape index (κ3) is 47.4. The highest BCUT2D eigenvalue weighted by atomic mass is 16.6. The molecule has 352 valence electrons. The quantitative estimate of drug-likeness (QED) is 0.0263. The summed E-state index contributed by atoms with van der Waals surface area (Å²) in [6.45, 7) is 6.37. The van der Waals surface area contributed by atoms with Gasteiger partial charge in [0.25, 0.3) is 0 Å². The summed E-state index contributed by atoms with van der Waals surface area (Å²) in [5, 5.41) is 0. The van der Waals surface area contributed by atoms with Crippen LogP contribution in [-0.2, 0) is 28.6 Å². The number of carbonyl (C=O) groups is 3. The van der Waals surface area contributed by atoms with E-state index in [1.54, 1.807) is 0 Å². The Morgan fingerprint density at radius 2 is 0.677 bits per heavy atom. The molecular formula is C56H92O6. The van der Waals surface area contributed by atoms with Gasteiger partial charge in [-0.05, 0) is 103 Å². The van der Waals surface area contributed by atoms with E-state index in [0.29, 0.717) is 25.7 Å². The minimum atomic E-state index is -0.822. The van der Waals surface area contributed by atoms with Crippen LogP contribution in [0.3, 0.4) is 0 Å². The summed E-state index contributed by atoms with van der Waals surface area (Å²) < 4.78 is 16.6. The highest BCUT2D eigenvalue weighted by molar-refractivity contribution is 5.71. The van der Waals surface area contributed by atoms with Crippen molar-refractivity contribution in [1.29, 1.82) is 0 Å². The van der Waals surface area contributed by atoms with Crippen LogP contribution in [0.1, 0.15) is 220 Å². The largest absolute Gasteiger partial charge is 0.462 e. The van der Waals surface area contributed by atoms with Crippen LogP contribution < -0.4 is 0 Å². The first kappa shape index (κ1) is 58.3. The molecule has 0 bridgehead atoms. The van der Waals surface area contributed by atoms with Crippen LogP contribution in [-0.4, -0.2) is 37.2 Å². The fourth-order valence-electron chi connectivity index (χ4n) is 6.52. The van der Waals surface area contributed by atoms with E-state index in [0.717, 1.165) is 83.5 Å². The van der Waals surface area contributed by atoms with Crippen LogP contribution in [0.5, 0.6) is 0 Å². The van der Waals surface area contributed by atoms with Gasteiger partial charge in [-0.2, -0.15) is 0 Å². The Morgan fingerprint density at radius 1 is 0.339 bits per heavy atom. The van der Waals surface area contributed by atoms with Gasteiger partial charge in [0.15, 0.2) is 6.10 Å². The Hall–Kier alpha value is -3.67. The number of ether oxygens (including phenoxy) is 3. The van der Waals surface area contributed by atoms with Crippen molar-refractivity contribution in [1.82, 2.24) is 0 Å². The summed E-state index contributed by atoms with van der Waals surface area (Å²) >= 11 is 0. The zero-order valence-electron chi connectivity index (χ0n) is 40.1. The topological polar surface area (TPSA) is 78.9 Å². The van der Waals surface area contributed by atoms with Crippen LogP contribution in [0.2, 0.25) is 0 Å². The predicted molar refractivity (Wildman–Crippen MR) is 265 cm³/mol. The Morgan fingerprint density at radius 3 is 1.15 bits per heavy atom. The van der Waals surface area contributed by atoms with Gasteiger partial charge in [-0.15, -0.1) is 0 Å². The molecule has 6 nitrogen and oxygen atoms in total. The lowest BCUT2D eigenvalue weighted by molar-refractivity contribution is -0.166. The highest BCUT2D eigenvalue weighted by Gasteiger charge is 2.19. The van der Waals surface area contributed by atoms with Crippen molar-refractivity contribution in [3.8, 4) is 0 Å². The van der Waals surface area contributed by atoms with Gasteiger partial charge in [0.1, 0.15) is 13.2 Å². The van der Waals surface area contributed by atoms with E-state index in [4.69, 9.17) is 14.2 Å². The predicted octanol–water partition coefficient (Wildman–Crippen LogP) is 16.6. The molecule has 0 aliphatic carbocycles. The van der Waals surface area contributed by atoms with Crippen molar-refractivity contribution >= 4 is 17.9 Å². The summed E-state index contributed by atoms with van der Waals surface area (Å²) in [4.78, 5) is 37.8. The third-order valence-electron chi connectivity index (χ3n) is 10.3. The maximum absolute atomic E-state index is 12.8. The lowest BCUT2D eigenvalue weighted by Crippen LogP contribution is -2.30. The first-order chi connectivity index (χ1) is 30.5. The fraction of sp³-hybridized carbons (Fsp3) is 0.661. The monoisotopic (exact) mass is 861 g/mol. The van der Waals surface area contributed by atoms with E-state index >= 15 is 0 Å². The molecular weight excluding hydrogens is 769 g/mol. The molecule has 6 heteroatoms. The standard InChI is InChI=1S/C56H92O6/c1-4-7-10-13-16-19-21-23-25-27-28-29-31-32-34-37-40-43-46-49-55(58)61-52-53(51-60-54(57)48-45-42-39-36-18-15-12-9-6-3)62-56(59)50-47-44-41-38-35-33-30-26-24-22-20-17-14-11-8-5-2/h7,10,16,19,23,25-26,28-30,32,34,36,39-40,43,53H,4-6,8-9,11-15,17-18,20-22,24,27,31,33,35,37-38,41-42,44-52H2,1-3H3/b10-7-,19-16-,25-23-,29-28-,30-26-,34-32-,39-36-,43-40-. The van der Waals surface area contributed by atoms with Crippen LogP contribution in [0.25, 0.3) is 0 Å². The molecule has 0 aromatic rings. The number of rotatable bonds is 44. The minimum absolute atomic E-state index is 0.120. The van der Waals surface area contributed by atoms with Gasteiger partial charge in [-0.1, -0.05) is 195 Å². The summed E-state index contributed by atoms with van der Waals surface area (Å²) in [6.07, 6.45) is 65.6. The Balaban J connectivity index is 4.49. The van der Waals surface area contributed by atoms with E-state index < -0.39 is 6.10 Å². The van der Waals surface area contributed by atoms with Gasteiger partial charge >= 0.3 is 17.9 Å². The summed E-state index contributed by atoms with van der Waals surface area (Å²) in [5.74, 6) is -1.05. The van der Waals surface area contributed by atoms with Crippen molar-refractivity contribution in [2.45, 2.75) is 226 Å². The zero-order valence-corrected chi connectivity index (χ0v) is 40.1.